The van der Waals surface area contributed by atoms with Gasteiger partial charge in [-0.05, 0) is 30.0 Å². The van der Waals surface area contributed by atoms with Gasteiger partial charge in [0, 0.05) is 16.8 Å². The van der Waals surface area contributed by atoms with Crippen LogP contribution in [0, 0.1) is 5.92 Å². The number of benzene rings is 1. The molecule has 1 aromatic carbocycles. The predicted molar refractivity (Wildman–Crippen MR) is 77.7 cm³/mol. The van der Waals surface area contributed by atoms with Crippen molar-refractivity contribution in [3.05, 3.63) is 51.4 Å². The highest BCUT2D eigenvalue weighted by molar-refractivity contribution is 6.30. The Hall–Kier alpha value is -1.74. The number of aromatic amines is 1. The molecule has 2 N–H and O–H groups in total. The Kier molecular flexibility index (Phi) is 3.96. The van der Waals surface area contributed by atoms with Crippen LogP contribution >= 0.6 is 11.6 Å². The van der Waals surface area contributed by atoms with E-state index in [0.29, 0.717) is 16.5 Å². The van der Waals surface area contributed by atoms with Crippen LogP contribution in [0.2, 0.25) is 5.02 Å². The second-order valence-corrected chi connectivity index (χ2v) is 5.43. The van der Waals surface area contributed by atoms with Gasteiger partial charge in [-0.1, -0.05) is 37.6 Å². The fourth-order valence-corrected chi connectivity index (χ4v) is 2.26. The summed E-state index contributed by atoms with van der Waals surface area (Å²) < 4.78 is 0. The Bertz CT molecular complexity index is 647. The summed E-state index contributed by atoms with van der Waals surface area (Å²) in [7, 11) is 0. The Morgan fingerprint density at radius 1 is 1.32 bits per heavy atom. The molecule has 0 unspecified atom stereocenters. The number of aromatic hydroxyl groups is 1. The lowest BCUT2D eigenvalue weighted by molar-refractivity contribution is 0.473. The van der Waals surface area contributed by atoms with E-state index in [4.69, 9.17) is 11.6 Å². The van der Waals surface area contributed by atoms with Crippen LogP contribution < -0.4 is 5.56 Å². The van der Waals surface area contributed by atoms with Gasteiger partial charge < -0.3 is 10.1 Å². The third-order valence-corrected chi connectivity index (χ3v) is 3.04. The number of aromatic nitrogens is 1. The number of rotatable bonds is 3. The van der Waals surface area contributed by atoms with E-state index in [9.17, 15) is 9.90 Å². The van der Waals surface area contributed by atoms with Crippen LogP contribution in [-0.2, 0) is 6.42 Å². The van der Waals surface area contributed by atoms with Crippen molar-refractivity contribution in [2.24, 2.45) is 5.92 Å². The molecule has 0 aliphatic heterocycles. The zero-order valence-corrected chi connectivity index (χ0v) is 11.7. The summed E-state index contributed by atoms with van der Waals surface area (Å²) in [4.78, 5) is 14.9. The van der Waals surface area contributed by atoms with Crippen molar-refractivity contribution >= 4 is 11.6 Å². The van der Waals surface area contributed by atoms with E-state index >= 15 is 0 Å². The van der Waals surface area contributed by atoms with Gasteiger partial charge in [0.25, 0.3) is 5.56 Å². The third-order valence-electron chi connectivity index (χ3n) is 2.81. The lowest BCUT2D eigenvalue weighted by Crippen LogP contribution is -2.13. The van der Waals surface area contributed by atoms with Crippen molar-refractivity contribution in [1.82, 2.24) is 4.98 Å². The molecule has 100 valence electrons. The maximum Gasteiger partial charge on any atom is 0.259 e. The van der Waals surface area contributed by atoms with Crippen molar-refractivity contribution in [3.8, 4) is 16.9 Å². The minimum atomic E-state index is -0.294. The number of H-pyrrole nitrogens is 1. The zero-order valence-electron chi connectivity index (χ0n) is 10.9. The summed E-state index contributed by atoms with van der Waals surface area (Å²) in [6.07, 6.45) is 0.721. The SMILES string of the molecule is CC(C)Cc1cc(O)c(-c2cccc(Cl)c2)c(=O)[nH]1. The van der Waals surface area contributed by atoms with E-state index in [-0.39, 0.29) is 16.9 Å². The Morgan fingerprint density at radius 2 is 2.05 bits per heavy atom. The fraction of sp³-hybridized carbons (Fsp3) is 0.267. The molecule has 3 nitrogen and oxygen atoms in total. The number of nitrogens with one attached hydrogen (secondary N) is 1. The molecule has 2 rings (SSSR count). The molecule has 0 bridgehead atoms. The predicted octanol–water partition coefficient (Wildman–Crippen LogP) is 3.60. The highest BCUT2D eigenvalue weighted by atomic mass is 35.5. The van der Waals surface area contributed by atoms with E-state index in [1.807, 2.05) is 0 Å². The van der Waals surface area contributed by atoms with Crippen molar-refractivity contribution in [2.45, 2.75) is 20.3 Å². The molecule has 2 aromatic rings. The van der Waals surface area contributed by atoms with Crippen molar-refractivity contribution in [3.63, 3.8) is 0 Å². The standard InChI is InChI=1S/C15H16ClNO2/c1-9(2)6-12-8-13(18)14(15(19)17-12)10-4-3-5-11(16)7-10/h3-5,7-9H,6H2,1-2H3,(H2,17,18,19). The molecular formula is C15H16ClNO2. The first-order valence-corrected chi connectivity index (χ1v) is 6.56. The monoisotopic (exact) mass is 277 g/mol. The van der Waals surface area contributed by atoms with Gasteiger partial charge >= 0.3 is 0 Å². The first-order valence-electron chi connectivity index (χ1n) is 6.18. The zero-order chi connectivity index (χ0) is 14.0. The van der Waals surface area contributed by atoms with Crippen LogP contribution in [0.25, 0.3) is 11.1 Å². The molecule has 4 heteroatoms. The van der Waals surface area contributed by atoms with Crippen LogP contribution in [0.15, 0.2) is 35.1 Å². The Balaban J connectivity index is 2.51. The smallest absolute Gasteiger partial charge is 0.259 e. The summed E-state index contributed by atoms with van der Waals surface area (Å²) in [6, 6.07) is 8.49. The van der Waals surface area contributed by atoms with Gasteiger partial charge in [0.2, 0.25) is 0 Å². The molecule has 0 saturated heterocycles. The first-order chi connectivity index (χ1) is 8.97. The third kappa shape index (κ3) is 3.18. The molecule has 19 heavy (non-hydrogen) atoms. The molecule has 0 aliphatic carbocycles. The maximum absolute atomic E-state index is 12.1. The van der Waals surface area contributed by atoms with Gasteiger partial charge in [-0.3, -0.25) is 4.79 Å². The van der Waals surface area contributed by atoms with Gasteiger partial charge in [0.15, 0.2) is 0 Å². The van der Waals surface area contributed by atoms with E-state index in [0.717, 1.165) is 12.1 Å². The van der Waals surface area contributed by atoms with Gasteiger partial charge in [-0.15, -0.1) is 0 Å². The molecule has 0 amide bonds. The second-order valence-electron chi connectivity index (χ2n) is 4.99. The van der Waals surface area contributed by atoms with E-state index in [1.165, 1.54) is 0 Å². The summed E-state index contributed by atoms with van der Waals surface area (Å²) in [5.41, 5.74) is 1.32. The summed E-state index contributed by atoms with van der Waals surface area (Å²) >= 11 is 5.91. The van der Waals surface area contributed by atoms with Crippen LogP contribution in [0.1, 0.15) is 19.5 Å². The van der Waals surface area contributed by atoms with Crippen molar-refractivity contribution < 1.29 is 5.11 Å². The highest BCUT2D eigenvalue weighted by Crippen LogP contribution is 2.27. The minimum absolute atomic E-state index is 0.0123. The normalized spacial score (nSPS) is 10.9. The van der Waals surface area contributed by atoms with E-state index in [1.54, 1.807) is 30.3 Å². The van der Waals surface area contributed by atoms with Gasteiger partial charge in [-0.25, -0.2) is 0 Å². The lowest BCUT2D eigenvalue weighted by atomic mass is 10.0. The fourth-order valence-electron chi connectivity index (χ4n) is 2.07. The molecule has 0 atom stereocenters. The summed E-state index contributed by atoms with van der Waals surface area (Å²) in [6.45, 7) is 4.11. The average molecular weight is 278 g/mol. The largest absolute Gasteiger partial charge is 0.507 e. The summed E-state index contributed by atoms with van der Waals surface area (Å²) in [5.74, 6) is 0.397. The molecule has 1 heterocycles. The van der Waals surface area contributed by atoms with E-state index in [2.05, 4.69) is 18.8 Å². The second kappa shape index (κ2) is 5.49. The van der Waals surface area contributed by atoms with Crippen molar-refractivity contribution in [2.75, 3.05) is 0 Å². The van der Waals surface area contributed by atoms with Crippen LogP contribution in [-0.4, -0.2) is 10.1 Å². The number of hydrogen-bond acceptors (Lipinski definition) is 2. The van der Waals surface area contributed by atoms with Crippen LogP contribution in [0.4, 0.5) is 0 Å². The van der Waals surface area contributed by atoms with Gasteiger partial charge in [0.05, 0.1) is 5.56 Å². The molecule has 0 saturated carbocycles. The van der Waals surface area contributed by atoms with E-state index < -0.39 is 0 Å². The Labute approximate surface area is 116 Å². The number of hydrogen-bond donors (Lipinski definition) is 2. The number of pyridine rings is 1. The van der Waals surface area contributed by atoms with Crippen LogP contribution in [0.3, 0.4) is 0 Å². The molecule has 1 aromatic heterocycles. The maximum atomic E-state index is 12.1. The molecule has 0 radical (unpaired) electrons. The quantitative estimate of drug-likeness (QED) is 0.901. The molecule has 0 aliphatic rings. The summed E-state index contributed by atoms with van der Waals surface area (Å²) in [5, 5.41) is 10.6. The number of halogens is 1. The minimum Gasteiger partial charge on any atom is -0.507 e. The molecular weight excluding hydrogens is 262 g/mol. The van der Waals surface area contributed by atoms with Gasteiger partial charge in [-0.2, -0.15) is 0 Å². The first kappa shape index (κ1) is 13.7. The lowest BCUT2D eigenvalue weighted by Gasteiger charge is -2.09. The van der Waals surface area contributed by atoms with Crippen LogP contribution in [0.5, 0.6) is 5.75 Å². The molecule has 0 spiro atoms. The average Bonchev–Trinajstić information content (AvgIpc) is 2.26. The molecule has 0 fully saturated rings. The highest BCUT2D eigenvalue weighted by Gasteiger charge is 2.12. The topological polar surface area (TPSA) is 53.1 Å². The Morgan fingerprint density at radius 3 is 2.63 bits per heavy atom. The van der Waals surface area contributed by atoms with Crippen molar-refractivity contribution in [1.29, 1.82) is 0 Å². The van der Waals surface area contributed by atoms with Gasteiger partial charge in [0.1, 0.15) is 5.75 Å².